The van der Waals surface area contributed by atoms with E-state index >= 15 is 0 Å². The van der Waals surface area contributed by atoms with Crippen LogP contribution in [0.4, 0.5) is 21.9 Å². The minimum absolute atomic E-state index is 0.0777. The third-order valence-electron chi connectivity index (χ3n) is 7.14. The first kappa shape index (κ1) is 29.1. The topological polar surface area (TPSA) is 143 Å². The number of carbonyl (C=O) groups excluding carboxylic acids is 2. The Morgan fingerprint density at radius 1 is 1.14 bits per heavy atom. The smallest absolute Gasteiger partial charge is 0.338 e. The standard InChI is InChI=1S/C30H27ClFN7O5/c1-16-25(27(40)36-24-13-17(7-8-33-24)28(41)42-2)26(20-5-4-19(15-21(20)31)39-9-11-43-12-10-39)37-29(34-16)38-30-35-22-6-3-18(32)14-23(22)44-30/h3-8,13-15,26H,9-12H2,1-2H3,(H,33,36,40)(H2,34,35,37,38). The van der Waals surface area contributed by atoms with Gasteiger partial charge in [-0.1, -0.05) is 17.7 Å². The number of halogens is 2. The lowest BCUT2D eigenvalue weighted by molar-refractivity contribution is -0.113. The maximum absolute atomic E-state index is 13.8. The number of ether oxygens (including phenoxy) is 2. The Labute approximate surface area is 255 Å². The van der Waals surface area contributed by atoms with Crippen molar-refractivity contribution in [3.8, 4) is 0 Å². The molecule has 0 radical (unpaired) electrons. The van der Waals surface area contributed by atoms with Gasteiger partial charge in [-0.05, 0) is 43.3 Å². The molecule has 0 aliphatic carbocycles. The molecule has 12 nitrogen and oxygen atoms in total. The van der Waals surface area contributed by atoms with Crippen LogP contribution in [0.3, 0.4) is 0 Å². The van der Waals surface area contributed by atoms with E-state index in [2.05, 4.69) is 30.8 Å². The molecule has 4 heterocycles. The molecule has 0 bridgehead atoms. The number of methoxy groups -OCH3 is 1. The molecule has 1 amide bonds. The van der Waals surface area contributed by atoms with Crippen LogP contribution in [0.5, 0.6) is 0 Å². The monoisotopic (exact) mass is 619 g/mol. The highest BCUT2D eigenvalue weighted by molar-refractivity contribution is 6.32. The van der Waals surface area contributed by atoms with Crippen molar-refractivity contribution in [2.75, 3.05) is 48.9 Å². The van der Waals surface area contributed by atoms with Gasteiger partial charge in [0, 0.05) is 47.3 Å². The van der Waals surface area contributed by atoms with Crippen molar-refractivity contribution >= 4 is 58.1 Å². The van der Waals surface area contributed by atoms with E-state index in [1.807, 2.05) is 18.2 Å². The van der Waals surface area contributed by atoms with Crippen LogP contribution in [-0.2, 0) is 14.3 Å². The number of anilines is 3. The summed E-state index contributed by atoms with van der Waals surface area (Å²) in [6.07, 6.45) is 1.40. The summed E-state index contributed by atoms with van der Waals surface area (Å²) in [4.78, 5) is 41.2. The van der Waals surface area contributed by atoms with Gasteiger partial charge in [0.1, 0.15) is 23.2 Å². The molecule has 0 saturated carbocycles. The van der Waals surface area contributed by atoms with E-state index in [9.17, 15) is 14.0 Å². The quantitative estimate of drug-likeness (QED) is 0.261. The van der Waals surface area contributed by atoms with Crippen molar-refractivity contribution in [2.24, 2.45) is 4.99 Å². The lowest BCUT2D eigenvalue weighted by Gasteiger charge is -2.30. The second kappa shape index (κ2) is 12.3. The first-order valence-corrected chi connectivity index (χ1v) is 14.0. The number of carbonyl (C=O) groups is 2. The molecule has 2 aliphatic rings. The van der Waals surface area contributed by atoms with E-state index in [-0.39, 0.29) is 34.5 Å². The Morgan fingerprint density at radius 3 is 2.73 bits per heavy atom. The van der Waals surface area contributed by atoms with Crippen LogP contribution < -0.4 is 20.9 Å². The predicted octanol–water partition coefficient (Wildman–Crippen LogP) is 4.66. The van der Waals surface area contributed by atoms with Crippen molar-refractivity contribution in [1.29, 1.82) is 0 Å². The van der Waals surface area contributed by atoms with Crippen LogP contribution in [0.1, 0.15) is 28.9 Å². The van der Waals surface area contributed by atoms with Gasteiger partial charge in [0.15, 0.2) is 5.58 Å². The van der Waals surface area contributed by atoms with Gasteiger partial charge in [0.2, 0.25) is 5.96 Å². The van der Waals surface area contributed by atoms with Gasteiger partial charge in [-0.15, -0.1) is 0 Å². The first-order chi connectivity index (χ1) is 21.3. The molecule has 44 heavy (non-hydrogen) atoms. The Bertz CT molecular complexity index is 1820. The van der Waals surface area contributed by atoms with E-state index in [1.165, 1.54) is 43.6 Å². The molecule has 4 aromatic rings. The number of morpholine rings is 1. The van der Waals surface area contributed by atoms with E-state index in [0.717, 1.165) is 18.8 Å². The number of amides is 1. The highest BCUT2D eigenvalue weighted by Gasteiger charge is 2.32. The van der Waals surface area contributed by atoms with Crippen molar-refractivity contribution in [3.05, 3.63) is 88.0 Å². The first-order valence-electron chi connectivity index (χ1n) is 13.7. The number of nitrogens with zero attached hydrogens (tertiary/aromatic N) is 4. The summed E-state index contributed by atoms with van der Waals surface area (Å²) >= 11 is 6.86. The fourth-order valence-corrected chi connectivity index (χ4v) is 5.27. The van der Waals surface area contributed by atoms with Gasteiger partial charge in [0.05, 0.1) is 31.5 Å². The number of aliphatic imine (C=N–C) groups is 1. The SMILES string of the molecule is COC(=O)c1ccnc(NC(=O)C2=C(C)NC(Nc3nc4ccc(F)cc4o3)=NC2c2ccc(N3CCOCC3)cc2Cl)c1. The summed E-state index contributed by atoms with van der Waals surface area (Å²) in [5.41, 5.74) is 3.17. The van der Waals surface area contributed by atoms with Crippen molar-refractivity contribution < 1.29 is 27.9 Å². The normalized spacial score (nSPS) is 16.8. The number of esters is 1. The van der Waals surface area contributed by atoms with Gasteiger partial charge >= 0.3 is 12.0 Å². The van der Waals surface area contributed by atoms with Crippen LogP contribution in [0.15, 0.2) is 75.4 Å². The molecule has 226 valence electrons. The average Bonchev–Trinajstić information content (AvgIpc) is 3.42. The third-order valence-corrected chi connectivity index (χ3v) is 7.47. The summed E-state index contributed by atoms with van der Waals surface area (Å²) in [7, 11) is 1.27. The number of hydrogen-bond acceptors (Lipinski definition) is 11. The van der Waals surface area contributed by atoms with Crippen molar-refractivity contribution in [3.63, 3.8) is 0 Å². The summed E-state index contributed by atoms with van der Waals surface area (Å²) in [5, 5.41) is 9.23. The lowest BCUT2D eigenvalue weighted by atomic mass is 9.95. The summed E-state index contributed by atoms with van der Waals surface area (Å²) in [6, 6.07) is 11.7. The number of aromatic nitrogens is 2. The lowest BCUT2D eigenvalue weighted by Crippen LogP contribution is -2.37. The maximum Gasteiger partial charge on any atom is 0.338 e. The molecule has 2 aromatic carbocycles. The zero-order valence-electron chi connectivity index (χ0n) is 23.7. The fourth-order valence-electron chi connectivity index (χ4n) is 5.00. The molecular weight excluding hydrogens is 593 g/mol. The van der Waals surface area contributed by atoms with E-state index in [4.69, 9.17) is 30.5 Å². The molecule has 2 aromatic heterocycles. The van der Waals surface area contributed by atoms with Crippen LogP contribution in [0, 0.1) is 5.82 Å². The Kier molecular flexibility index (Phi) is 8.13. The Balaban J connectivity index is 1.34. The second-order valence-electron chi connectivity index (χ2n) is 9.98. The number of hydrogen-bond donors (Lipinski definition) is 3. The molecule has 2 aliphatic heterocycles. The molecule has 1 atom stereocenters. The highest BCUT2D eigenvalue weighted by atomic mass is 35.5. The van der Waals surface area contributed by atoms with Crippen LogP contribution in [-0.4, -0.2) is 61.2 Å². The van der Waals surface area contributed by atoms with Gasteiger partial charge in [0.25, 0.3) is 5.91 Å². The van der Waals surface area contributed by atoms with Crippen molar-refractivity contribution in [1.82, 2.24) is 15.3 Å². The number of nitrogens with one attached hydrogen (secondary N) is 3. The average molecular weight is 620 g/mol. The van der Waals surface area contributed by atoms with Gasteiger partial charge in [-0.3, -0.25) is 10.1 Å². The molecule has 6 rings (SSSR count). The van der Waals surface area contributed by atoms with E-state index in [1.54, 1.807) is 6.92 Å². The number of rotatable bonds is 6. The van der Waals surface area contributed by atoms with Gasteiger partial charge in [-0.25, -0.2) is 19.2 Å². The summed E-state index contributed by atoms with van der Waals surface area (Å²) in [6.45, 7) is 4.41. The minimum Gasteiger partial charge on any atom is -0.465 e. The van der Waals surface area contributed by atoms with E-state index < -0.39 is 23.7 Å². The molecule has 0 spiro atoms. The Morgan fingerprint density at radius 2 is 1.95 bits per heavy atom. The fraction of sp³-hybridized carbons (Fsp3) is 0.233. The Hall–Kier alpha value is -5.01. The molecule has 1 saturated heterocycles. The van der Waals surface area contributed by atoms with Crippen LogP contribution in [0.25, 0.3) is 11.1 Å². The number of benzene rings is 2. The number of allylic oxidation sites excluding steroid dienone is 1. The molecular formula is C30H27ClFN7O5. The van der Waals surface area contributed by atoms with E-state index in [0.29, 0.717) is 35.0 Å². The zero-order valence-corrected chi connectivity index (χ0v) is 24.4. The number of pyridine rings is 1. The van der Waals surface area contributed by atoms with Crippen LogP contribution in [0.2, 0.25) is 5.02 Å². The maximum atomic E-state index is 13.8. The number of fused-ring (bicyclic) bond motifs is 1. The molecule has 3 N–H and O–H groups in total. The van der Waals surface area contributed by atoms with Gasteiger partial charge < -0.3 is 29.4 Å². The highest BCUT2D eigenvalue weighted by Crippen LogP contribution is 2.37. The second-order valence-corrected chi connectivity index (χ2v) is 10.4. The third kappa shape index (κ3) is 6.05. The van der Waals surface area contributed by atoms with Crippen molar-refractivity contribution in [2.45, 2.75) is 13.0 Å². The summed E-state index contributed by atoms with van der Waals surface area (Å²) in [5.74, 6) is -1.15. The largest absolute Gasteiger partial charge is 0.465 e. The number of guanidine groups is 1. The van der Waals surface area contributed by atoms with Gasteiger partial charge in [-0.2, -0.15) is 4.98 Å². The van der Waals surface area contributed by atoms with Crippen LogP contribution >= 0.6 is 11.6 Å². The minimum atomic E-state index is -0.865. The predicted molar refractivity (Wildman–Crippen MR) is 162 cm³/mol. The number of oxazole rings is 1. The zero-order chi connectivity index (χ0) is 30.8. The molecule has 1 unspecified atom stereocenters. The summed E-state index contributed by atoms with van der Waals surface area (Å²) < 4.78 is 29.6. The molecule has 1 fully saturated rings. The molecule has 14 heteroatoms.